The molecule has 1 aromatic carbocycles. The molecular weight excluding hydrogens is 392 g/mol. The molecule has 0 atom stereocenters. The van der Waals surface area contributed by atoms with Crippen molar-refractivity contribution >= 4 is 50.1 Å². The lowest BCUT2D eigenvalue weighted by atomic mass is 10.2. The highest BCUT2D eigenvalue weighted by atomic mass is 79.9. The Bertz CT molecular complexity index is 887. The molecule has 24 heavy (non-hydrogen) atoms. The van der Waals surface area contributed by atoms with Crippen LogP contribution >= 0.6 is 27.5 Å². The van der Waals surface area contributed by atoms with Crippen molar-refractivity contribution in [3.8, 4) is 0 Å². The fourth-order valence-corrected chi connectivity index (χ4v) is 3.98. The number of halogens is 2. The molecule has 0 radical (unpaired) electrons. The molecule has 0 amide bonds. The minimum atomic E-state index is 0.782. The van der Waals surface area contributed by atoms with Crippen LogP contribution in [0.2, 0.25) is 5.02 Å². The number of aryl methyl sites for hydroxylation is 1. The molecule has 3 aromatic rings. The summed E-state index contributed by atoms with van der Waals surface area (Å²) in [6.45, 7) is 3.54. The maximum atomic E-state index is 6.32. The molecular formula is C16H16BrClN6. The first-order valence-corrected chi connectivity index (χ1v) is 8.90. The average Bonchev–Trinajstić information content (AvgIpc) is 2.90. The van der Waals surface area contributed by atoms with Gasteiger partial charge in [0.25, 0.3) is 0 Å². The molecule has 1 fully saturated rings. The number of hydrogen-bond acceptors (Lipinski definition) is 5. The molecule has 0 bridgehead atoms. The molecule has 124 valence electrons. The van der Waals surface area contributed by atoms with Gasteiger partial charge in [-0.05, 0) is 28.1 Å². The van der Waals surface area contributed by atoms with Gasteiger partial charge in [-0.3, -0.25) is 0 Å². The molecule has 0 saturated carbocycles. The Morgan fingerprint density at radius 3 is 2.50 bits per heavy atom. The van der Waals surface area contributed by atoms with E-state index in [0.29, 0.717) is 0 Å². The SMILES string of the molecule is Cn1nc(Br)c2c(N3CCN(c4ccccc4Cl)CC3)ncnc21. The number of hydrogen-bond donors (Lipinski definition) is 0. The van der Waals surface area contributed by atoms with Crippen LogP contribution in [0.5, 0.6) is 0 Å². The standard InChI is InChI=1S/C16H16BrClN6/c1-22-15-13(14(17)21-22)16(20-10-19-15)24-8-6-23(7-9-24)12-5-3-2-4-11(12)18/h2-5,10H,6-9H2,1H3. The third-order valence-corrected chi connectivity index (χ3v) is 5.20. The highest BCUT2D eigenvalue weighted by Crippen LogP contribution is 2.31. The van der Waals surface area contributed by atoms with E-state index in [0.717, 1.165) is 58.3 Å². The summed E-state index contributed by atoms with van der Waals surface area (Å²) in [6.07, 6.45) is 1.60. The molecule has 0 unspecified atom stereocenters. The number of fused-ring (bicyclic) bond motifs is 1. The number of aromatic nitrogens is 4. The van der Waals surface area contributed by atoms with Crippen molar-refractivity contribution in [1.29, 1.82) is 0 Å². The smallest absolute Gasteiger partial charge is 0.164 e. The molecule has 0 aliphatic carbocycles. The largest absolute Gasteiger partial charge is 0.367 e. The molecule has 1 saturated heterocycles. The fraction of sp³-hybridized carbons (Fsp3) is 0.312. The number of anilines is 2. The van der Waals surface area contributed by atoms with Gasteiger partial charge in [-0.15, -0.1) is 0 Å². The third-order valence-electron chi connectivity index (χ3n) is 4.33. The van der Waals surface area contributed by atoms with Crippen LogP contribution in [-0.2, 0) is 7.05 Å². The van der Waals surface area contributed by atoms with Gasteiger partial charge in [0.1, 0.15) is 16.7 Å². The number of rotatable bonds is 2. The van der Waals surface area contributed by atoms with E-state index in [1.165, 1.54) is 0 Å². The van der Waals surface area contributed by atoms with Crippen molar-refractivity contribution in [2.45, 2.75) is 0 Å². The lowest BCUT2D eigenvalue weighted by molar-refractivity contribution is 0.649. The van der Waals surface area contributed by atoms with Crippen LogP contribution in [-0.4, -0.2) is 45.9 Å². The topological polar surface area (TPSA) is 50.1 Å². The Morgan fingerprint density at radius 1 is 1.04 bits per heavy atom. The molecule has 8 heteroatoms. The maximum absolute atomic E-state index is 6.32. The van der Waals surface area contributed by atoms with Crippen LogP contribution < -0.4 is 9.80 Å². The van der Waals surface area contributed by atoms with Gasteiger partial charge in [0, 0.05) is 33.2 Å². The van der Waals surface area contributed by atoms with Gasteiger partial charge in [0.15, 0.2) is 5.65 Å². The minimum Gasteiger partial charge on any atom is -0.367 e. The first kappa shape index (κ1) is 15.7. The van der Waals surface area contributed by atoms with Gasteiger partial charge in [-0.2, -0.15) is 5.10 Å². The van der Waals surface area contributed by atoms with Crippen molar-refractivity contribution in [2.24, 2.45) is 7.05 Å². The molecule has 1 aliphatic rings. The molecule has 4 rings (SSSR count). The Morgan fingerprint density at radius 2 is 1.75 bits per heavy atom. The van der Waals surface area contributed by atoms with Crippen molar-refractivity contribution in [3.05, 3.63) is 40.2 Å². The quantitative estimate of drug-likeness (QED) is 0.653. The summed E-state index contributed by atoms with van der Waals surface area (Å²) in [4.78, 5) is 13.4. The molecule has 3 heterocycles. The highest BCUT2D eigenvalue weighted by molar-refractivity contribution is 9.10. The van der Waals surface area contributed by atoms with Gasteiger partial charge in [-0.25, -0.2) is 14.6 Å². The first-order chi connectivity index (χ1) is 11.6. The lowest BCUT2D eigenvalue weighted by Crippen LogP contribution is -2.47. The number of para-hydroxylation sites is 1. The van der Waals surface area contributed by atoms with Gasteiger partial charge in [0.05, 0.1) is 16.1 Å². The van der Waals surface area contributed by atoms with E-state index in [2.05, 4.69) is 46.9 Å². The van der Waals surface area contributed by atoms with Gasteiger partial charge < -0.3 is 9.80 Å². The van der Waals surface area contributed by atoms with E-state index >= 15 is 0 Å². The normalized spacial score (nSPS) is 15.3. The van der Waals surface area contributed by atoms with E-state index < -0.39 is 0 Å². The van der Waals surface area contributed by atoms with E-state index in [-0.39, 0.29) is 0 Å². The number of benzene rings is 1. The molecule has 6 nitrogen and oxygen atoms in total. The summed E-state index contributed by atoms with van der Waals surface area (Å²) in [5, 5.41) is 6.16. The average molecular weight is 408 g/mol. The van der Waals surface area contributed by atoms with Crippen LogP contribution in [0.25, 0.3) is 11.0 Å². The predicted molar refractivity (Wildman–Crippen MR) is 99.9 cm³/mol. The van der Waals surface area contributed by atoms with Crippen LogP contribution in [0.3, 0.4) is 0 Å². The Kier molecular flexibility index (Phi) is 4.05. The van der Waals surface area contributed by atoms with Crippen LogP contribution in [0.15, 0.2) is 35.2 Å². The Balaban J connectivity index is 1.60. The summed E-state index contributed by atoms with van der Waals surface area (Å²) in [5.74, 6) is 0.929. The molecule has 1 aliphatic heterocycles. The van der Waals surface area contributed by atoms with E-state index in [9.17, 15) is 0 Å². The van der Waals surface area contributed by atoms with Crippen LogP contribution in [0, 0.1) is 0 Å². The molecule has 0 N–H and O–H groups in total. The van der Waals surface area contributed by atoms with E-state index in [1.807, 2.05) is 25.2 Å². The van der Waals surface area contributed by atoms with Crippen molar-refractivity contribution in [1.82, 2.24) is 19.7 Å². The zero-order valence-corrected chi connectivity index (χ0v) is 15.5. The second-order valence-corrected chi connectivity index (χ2v) is 6.89. The summed E-state index contributed by atoms with van der Waals surface area (Å²) in [7, 11) is 1.89. The summed E-state index contributed by atoms with van der Waals surface area (Å²) >= 11 is 9.85. The van der Waals surface area contributed by atoms with Crippen LogP contribution in [0.4, 0.5) is 11.5 Å². The van der Waals surface area contributed by atoms with E-state index in [4.69, 9.17) is 11.6 Å². The monoisotopic (exact) mass is 406 g/mol. The molecule has 0 spiro atoms. The summed E-state index contributed by atoms with van der Waals surface area (Å²) in [5.41, 5.74) is 1.93. The predicted octanol–water partition coefficient (Wildman–Crippen LogP) is 3.11. The van der Waals surface area contributed by atoms with Crippen molar-refractivity contribution in [3.63, 3.8) is 0 Å². The first-order valence-electron chi connectivity index (χ1n) is 7.73. The Hall–Kier alpha value is -1.86. The Labute approximate surface area is 153 Å². The van der Waals surface area contributed by atoms with Crippen molar-refractivity contribution < 1.29 is 0 Å². The minimum absolute atomic E-state index is 0.782. The van der Waals surface area contributed by atoms with Crippen molar-refractivity contribution in [2.75, 3.05) is 36.0 Å². The lowest BCUT2D eigenvalue weighted by Gasteiger charge is -2.37. The molecule has 2 aromatic heterocycles. The number of piperazine rings is 1. The second-order valence-electron chi connectivity index (χ2n) is 5.74. The summed E-state index contributed by atoms with van der Waals surface area (Å²) < 4.78 is 2.55. The highest BCUT2D eigenvalue weighted by Gasteiger charge is 2.23. The number of nitrogens with zero attached hydrogens (tertiary/aromatic N) is 6. The van der Waals surface area contributed by atoms with Crippen LogP contribution in [0.1, 0.15) is 0 Å². The maximum Gasteiger partial charge on any atom is 0.164 e. The zero-order valence-electron chi connectivity index (χ0n) is 13.2. The third kappa shape index (κ3) is 2.61. The van der Waals surface area contributed by atoms with Gasteiger partial charge >= 0.3 is 0 Å². The van der Waals surface area contributed by atoms with Gasteiger partial charge in [-0.1, -0.05) is 23.7 Å². The van der Waals surface area contributed by atoms with Gasteiger partial charge in [0.2, 0.25) is 0 Å². The van der Waals surface area contributed by atoms with E-state index in [1.54, 1.807) is 11.0 Å². The fourth-order valence-electron chi connectivity index (χ4n) is 3.13. The second kappa shape index (κ2) is 6.22. The zero-order chi connectivity index (χ0) is 16.7. The summed E-state index contributed by atoms with van der Waals surface area (Å²) in [6, 6.07) is 7.98.